The molecule has 1 heterocycles. The Labute approximate surface area is 83.8 Å². The van der Waals surface area contributed by atoms with Crippen molar-refractivity contribution in [2.24, 2.45) is 0 Å². The maximum Gasteiger partial charge on any atom is 0.256 e. The topological polar surface area (TPSA) is 34.9 Å². The number of rotatable bonds is 3. The summed E-state index contributed by atoms with van der Waals surface area (Å²) in [6.45, 7) is 3.88. The van der Waals surface area contributed by atoms with Gasteiger partial charge in [-0.15, -0.1) is 0 Å². The molecule has 0 atom stereocenters. The molecule has 3 nitrogen and oxygen atoms in total. The van der Waals surface area contributed by atoms with E-state index in [2.05, 4.69) is 4.98 Å². The molecule has 0 bridgehead atoms. The molecule has 0 fully saturated rings. The summed E-state index contributed by atoms with van der Waals surface area (Å²) < 4.78 is 1.56. The molecule has 0 spiro atoms. The number of carbonyl (C=O) groups excluding carboxylic acids is 1. The number of aromatic nitrogens is 2. The van der Waals surface area contributed by atoms with Gasteiger partial charge in [-0.3, -0.25) is 9.36 Å². The Hall–Kier alpha value is -1.64. The molecule has 0 unspecified atom stereocenters. The van der Waals surface area contributed by atoms with Crippen molar-refractivity contribution in [2.75, 3.05) is 0 Å². The van der Waals surface area contributed by atoms with Gasteiger partial charge in [-0.1, -0.05) is 25.2 Å². The van der Waals surface area contributed by atoms with Gasteiger partial charge in [-0.25, -0.2) is 4.98 Å². The Morgan fingerprint density at radius 2 is 2.36 bits per heavy atom. The molecule has 0 aliphatic heterocycles. The fourth-order valence-electron chi connectivity index (χ4n) is 1.13. The average molecular weight is 190 g/mol. The molecule has 0 saturated carbocycles. The normalized spacial score (nSPS) is 11.6. The minimum Gasteiger partial charge on any atom is -0.270 e. The minimum absolute atomic E-state index is 0.0579. The van der Waals surface area contributed by atoms with Crippen LogP contribution in [0.3, 0.4) is 0 Å². The van der Waals surface area contributed by atoms with Gasteiger partial charge in [0.25, 0.3) is 5.91 Å². The third-order valence-corrected chi connectivity index (χ3v) is 1.81. The zero-order valence-electron chi connectivity index (χ0n) is 8.47. The van der Waals surface area contributed by atoms with Gasteiger partial charge in [-0.2, -0.15) is 0 Å². The molecule has 1 rings (SSSR count). The summed E-state index contributed by atoms with van der Waals surface area (Å²) in [4.78, 5) is 15.6. The summed E-state index contributed by atoms with van der Waals surface area (Å²) in [5.41, 5.74) is 0. The van der Waals surface area contributed by atoms with E-state index in [9.17, 15) is 4.79 Å². The van der Waals surface area contributed by atoms with Crippen LogP contribution in [0.4, 0.5) is 0 Å². The van der Waals surface area contributed by atoms with Gasteiger partial charge in [0.05, 0.1) is 0 Å². The smallest absolute Gasteiger partial charge is 0.256 e. The molecule has 0 amide bonds. The highest BCUT2D eigenvalue weighted by atomic mass is 16.1. The van der Waals surface area contributed by atoms with Crippen LogP contribution in [0.1, 0.15) is 24.5 Å². The lowest BCUT2D eigenvalue weighted by Crippen LogP contribution is -2.09. The molecule has 1 aromatic rings. The summed E-state index contributed by atoms with van der Waals surface area (Å²) in [5, 5.41) is 0. The monoisotopic (exact) mass is 190 g/mol. The number of aryl methyl sites for hydroxylation is 1. The van der Waals surface area contributed by atoms with Crippen molar-refractivity contribution in [3.8, 4) is 0 Å². The Bertz CT molecular complexity index is 361. The molecule has 74 valence electrons. The molecule has 0 N–H and O–H groups in total. The van der Waals surface area contributed by atoms with Crippen LogP contribution in [0.2, 0.25) is 0 Å². The van der Waals surface area contributed by atoms with Crippen LogP contribution in [0.5, 0.6) is 0 Å². The predicted molar refractivity (Wildman–Crippen MR) is 56.2 cm³/mol. The van der Waals surface area contributed by atoms with Crippen molar-refractivity contribution in [1.29, 1.82) is 0 Å². The molecule has 0 aliphatic carbocycles. The van der Waals surface area contributed by atoms with E-state index in [1.165, 1.54) is 6.08 Å². The SMILES string of the molecule is C/C=C/C=C/C(=O)n1ccnc1CC. The van der Waals surface area contributed by atoms with Crippen molar-refractivity contribution in [3.63, 3.8) is 0 Å². The van der Waals surface area contributed by atoms with E-state index in [4.69, 9.17) is 0 Å². The number of nitrogens with zero attached hydrogens (tertiary/aromatic N) is 2. The molecule has 0 aliphatic rings. The Kier molecular flexibility index (Phi) is 3.85. The van der Waals surface area contributed by atoms with E-state index in [0.717, 1.165) is 12.2 Å². The van der Waals surface area contributed by atoms with Crippen LogP contribution in [-0.2, 0) is 6.42 Å². The second kappa shape index (κ2) is 5.17. The van der Waals surface area contributed by atoms with Gasteiger partial charge in [0.15, 0.2) is 0 Å². The zero-order chi connectivity index (χ0) is 10.4. The van der Waals surface area contributed by atoms with Gasteiger partial charge in [0.1, 0.15) is 5.82 Å². The average Bonchev–Trinajstić information content (AvgIpc) is 2.65. The highest BCUT2D eigenvalue weighted by Crippen LogP contribution is 1.98. The molecule has 0 aromatic carbocycles. The quantitative estimate of drug-likeness (QED) is 0.541. The van der Waals surface area contributed by atoms with Gasteiger partial charge in [0.2, 0.25) is 0 Å². The molecule has 0 radical (unpaired) electrons. The number of allylic oxidation sites excluding steroid dienone is 4. The maximum atomic E-state index is 11.6. The molecular weight excluding hydrogens is 176 g/mol. The van der Waals surface area contributed by atoms with E-state index in [0.29, 0.717) is 0 Å². The summed E-state index contributed by atoms with van der Waals surface area (Å²) >= 11 is 0. The Balaban J connectivity index is 2.79. The second-order valence-corrected chi connectivity index (χ2v) is 2.79. The van der Waals surface area contributed by atoms with E-state index >= 15 is 0 Å². The van der Waals surface area contributed by atoms with Crippen LogP contribution < -0.4 is 0 Å². The summed E-state index contributed by atoms with van der Waals surface area (Å²) in [5.74, 6) is 0.734. The van der Waals surface area contributed by atoms with Crippen molar-refractivity contribution in [1.82, 2.24) is 9.55 Å². The standard InChI is InChI=1S/C11H14N2O/c1-3-5-6-7-11(14)13-9-8-12-10(13)4-2/h3,5-9H,4H2,1-2H3/b5-3+,7-6+. The van der Waals surface area contributed by atoms with Gasteiger partial charge in [0, 0.05) is 24.9 Å². The first kappa shape index (κ1) is 10.4. The maximum absolute atomic E-state index is 11.6. The third-order valence-electron chi connectivity index (χ3n) is 1.81. The van der Waals surface area contributed by atoms with Crippen LogP contribution >= 0.6 is 0 Å². The summed E-state index contributed by atoms with van der Waals surface area (Å²) in [6, 6.07) is 0. The zero-order valence-corrected chi connectivity index (χ0v) is 8.47. The molecule has 14 heavy (non-hydrogen) atoms. The first-order valence-corrected chi connectivity index (χ1v) is 4.65. The van der Waals surface area contributed by atoms with Crippen molar-refractivity contribution in [3.05, 3.63) is 42.5 Å². The lowest BCUT2D eigenvalue weighted by molar-refractivity contribution is 0.0965. The molecule has 0 saturated heterocycles. The van der Waals surface area contributed by atoms with E-state index < -0.39 is 0 Å². The van der Waals surface area contributed by atoms with Crippen molar-refractivity contribution < 1.29 is 4.79 Å². The number of hydrogen-bond donors (Lipinski definition) is 0. The molecule has 3 heteroatoms. The van der Waals surface area contributed by atoms with Crippen LogP contribution in [0.25, 0.3) is 0 Å². The molecule has 1 aromatic heterocycles. The first-order valence-electron chi connectivity index (χ1n) is 4.65. The fraction of sp³-hybridized carbons (Fsp3) is 0.273. The van der Waals surface area contributed by atoms with E-state index in [1.54, 1.807) is 23.0 Å². The summed E-state index contributed by atoms with van der Waals surface area (Å²) in [7, 11) is 0. The van der Waals surface area contributed by atoms with Gasteiger partial charge >= 0.3 is 0 Å². The predicted octanol–water partition coefficient (Wildman–Crippen LogP) is 2.22. The first-order chi connectivity index (χ1) is 6.79. The van der Waals surface area contributed by atoms with Crippen LogP contribution in [0.15, 0.2) is 36.7 Å². The summed E-state index contributed by atoms with van der Waals surface area (Å²) in [6.07, 6.45) is 11.0. The van der Waals surface area contributed by atoms with Gasteiger partial charge < -0.3 is 0 Å². The highest BCUT2D eigenvalue weighted by Gasteiger charge is 2.04. The Morgan fingerprint density at radius 3 is 3.00 bits per heavy atom. The lowest BCUT2D eigenvalue weighted by Gasteiger charge is -1.99. The van der Waals surface area contributed by atoms with E-state index in [-0.39, 0.29) is 5.91 Å². The molecular formula is C11H14N2O. The third kappa shape index (κ3) is 2.42. The van der Waals surface area contributed by atoms with E-state index in [1.807, 2.05) is 26.0 Å². The largest absolute Gasteiger partial charge is 0.270 e. The highest BCUT2D eigenvalue weighted by molar-refractivity contribution is 5.90. The number of hydrogen-bond acceptors (Lipinski definition) is 2. The number of imidazole rings is 1. The van der Waals surface area contributed by atoms with Crippen molar-refractivity contribution in [2.45, 2.75) is 20.3 Å². The van der Waals surface area contributed by atoms with Crippen LogP contribution in [-0.4, -0.2) is 15.5 Å². The fourth-order valence-corrected chi connectivity index (χ4v) is 1.13. The number of carbonyl (C=O) groups is 1. The minimum atomic E-state index is -0.0579. The van der Waals surface area contributed by atoms with Gasteiger partial charge in [-0.05, 0) is 6.92 Å². The van der Waals surface area contributed by atoms with Crippen LogP contribution in [0, 0.1) is 0 Å². The Morgan fingerprint density at radius 1 is 1.57 bits per heavy atom. The van der Waals surface area contributed by atoms with Crippen molar-refractivity contribution >= 4 is 5.91 Å². The second-order valence-electron chi connectivity index (χ2n) is 2.79. The lowest BCUT2D eigenvalue weighted by atomic mass is 10.4.